The maximum Gasteiger partial charge on any atom is 0.416 e. The van der Waals surface area contributed by atoms with Crippen molar-refractivity contribution < 1.29 is 22.8 Å². The van der Waals surface area contributed by atoms with E-state index in [0.29, 0.717) is 0 Å². The highest BCUT2D eigenvalue weighted by molar-refractivity contribution is 6.08. The second-order valence-electron chi connectivity index (χ2n) is 3.61. The normalized spacial score (nSPS) is 11.6. The van der Waals surface area contributed by atoms with Gasteiger partial charge in [-0.2, -0.15) is 18.4 Å². The number of carbonyl (C=O) groups is 2. The third-order valence-electron chi connectivity index (χ3n) is 2.15. The number of alkyl halides is 3. The molecule has 3 amide bonds. The fourth-order valence-electron chi connectivity index (χ4n) is 1.26. The van der Waals surface area contributed by atoms with Crippen molar-refractivity contribution in [3.63, 3.8) is 0 Å². The van der Waals surface area contributed by atoms with Gasteiger partial charge in [0.05, 0.1) is 5.56 Å². The number of hydrogen-bond acceptors (Lipinski definition) is 3. The molecule has 0 fully saturated rings. The van der Waals surface area contributed by atoms with Gasteiger partial charge >= 0.3 is 12.2 Å². The molecular formula is C12H8F3N3O2. The Hall–Kier alpha value is -2.82. The number of nitrogens with two attached hydrogens (primary N) is 1. The first-order valence-electron chi connectivity index (χ1n) is 5.14. The number of carbonyl (C=O) groups excluding carboxylic acids is 2. The Kier molecular flexibility index (Phi) is 4.48. The molecule has 1 aromatic carbocycles. The third kappa shape index (κ3) is 4.13. The topological polar surface area (TPSA) is 96.0 Å². The maximum atomic E-state index is 12.3. The number of urea groups is 1. The molecule has 0 heterocycles. The molecule has 3 N–H and O–H groups in total. The van der Waals surface area contributed by atoms with E-state index in [0.717, 1.165) is 30.3 Å². The third-order valence-corrected chi connectivity index (χ3v) is 2.15. The molecule has 0 aromatic heterocycles. The number of nitrogens with zero attached hydrogens (tertiary/aromatic N) is 1. The smallest absolute Gasteiger partial charge is 0.351 e. The maximum absolute atomic E-state index is 12.3. The van der Waals surface area contributed by atoms with Crippen LogP contribution in [-0.2, 0) is 11.0 Å². The number of amides is 3. The van der Waals surface area contributed by atoms with Crippen LogP contribution in [0, 0.1) is 11.3 Å². The number of hydrogen-bond donors (Lipinski definition) is 2. The van der Waals surface area contributed by atoms with E-state index in [1.807, 2.05) is 0 Å². The second kappa shape index (κ2) is 5.88. The first-order chi connectivity index (χ1) is 9.24. The van der Waals surface area contributed by atoms with Gasteiger partial charge in [0.1, 0.15) is 11.6 Å². The van der Waals surface area contributed by atoms with Crippen LogP contribution < -0.4 is 11.1 Å². The highest BCUT2D eigenvalue weighted by atomic mass is 19.4. The minimum atomic E-state index is -4.47. The lowest BCUT2D eigenvalue weighted by atomic mass is 10.1. The van der Waals surface area contributed by atoms with E-state index < -0.39 is 29.3 Å². The van der Waals surface area contributed by atoms with E-state index in [9.17, 15) is 22.8 Å². The van der Waals surface area contributed by atoms with Crippen molar-refractivity contribution in [2.24, 2.45) is 5.73 Å². The molecule has 20 heavy (non-hydrogen) atoms. The van der Waals surface area contributed by atoms with Crippen molar-refractivity contribution in [3.05, 3.63) is 41.0 Å². The quantitative estimate of drug-likeness (QED) is 0.640. The molecule has 0 unspecified atom stereocenters. The predicted octanol–water partition coefficient (Wildman–Crippen LogP) is 1.81. The Bertz CT molecular complexity index is 598. The van der Waals surface area contributed by atoms with E-state index >= 15 is 0 Å². The Morgan fingerprint density at radius 1 is 1.25 bits per heavy atom. The first kappa shape index (κ1) is 15.2. The van der Waals surface area contributed by atoms with Crippen molar-refractivity contribution in [2.45, 2.75) is 6.18 Å². The van der Waals surface area contributed by atoms with Crippen LogP contribution in [0.5, 0.6) is 0 Å². The van der Waals surface area contributed by atoms with Crippen LogP contribution in [0.25, 0.3) is 6.08 Å². The van der Waals surface area contributed by atoms with E-state index in [-0.39, 0.29) is 5.56 Å². The minimum absolute atomic E-state index is 0.203. The van der Waals surface area contributed by atoms with Crippen LogP contribution in [0.4, 0.5) is 18.0 Å². The van der Waals surface area contributed by atoms with Crippen molar-refractivity contribution >= 4 is 18.0 Å². The van der Waals surface area contributed by atoms with Gasteiger partial charge in [-0.25, -0.2) is 4.79 Å². The van der Waals surface area contributed by atoms with Crippen molar-refractivity contribution in [1.29, 1.82) is 5.26 Å². The molecule has 5 nitrogen and oxygen atoms in total. The lowest BCUT2D eigenvalue weighted by Gasteiger charge is -2.06. The zero-order valence-corrected chi connectivity index (χ0v) is 9.86. The summed E-state index contributed by atoms with van der Waals surface area (Å²) in [5.74, 6) is -1.03. The number of benzene rings is 1. The number of primary amides is 1. The molecule has 0 atom stereocenters. The lowest BCUT2D eigenvalue weighted by Crippen LogP contribution is -2.35. The van der Waals surface area contributed by atoms with E-state index in [1.165, 1.54) is 6.07 Å². The zero-order valence-electron chi connectivity index (χ0n) is 9.86. The fraction of sp³-hybridized carbons (Fsp3) is 0.0833. The molecule has 8 heteroatoms. The fourth-order valence-corrected chi connectivity index (χ4v) is 1.26. The van der Waals surface area contributed by atoms with Gasteiger partial charge in [-0.05, 0) is 23.8 Å². The van der Waals surface area contributed by atoms with Crippen LogP contribution in [0.15, 0.2) is 29.8 Å². The van der Waals surface area contributed by atoms with Gasteiger partial charge in [0.25, 0.3) is 5.91 Å². The summed E-state index contributed by atoms with van der Waals surface area (Å²) >= 11 is 0. The molecule has 0 aliphatic heterocycles. The van der Waals surface area contributed by atoms with Crippen LogP contribution in [-0.4, -0.2) is 11.9 Å². The van der Waals surface area contributed by atoms with E-state index in [2.05, 4.69) is 0 Å². The minimum Gasteiger partial charge on any atom is -0.351 e. The average Bonchev–Trinajstić information content (AvgIpc) is 2.34. The Labute approximate surface area is 111 Å². The molecule has 0 bridgehead atoms. The number of nitriles is 1. The van der Waals surface area contributed by atoms with Crippen molar-refractivity contribution in [3.8, 4) is 6.07 Å². The van der Waals surface area contributed by atoms with Gasteiger partial charge < -0.3 is 5.73 Å². The van der Waals surface area contributed by atoms with Gasteiger partial charge in [-0.1, -0.05) is 12.1 Å². The van der Waals surface area contributed by atoms with Gasteiger partial charge in [-0.3, -0.25) is 10.1 Å². The molecule has 0 saturated heterocycles. The summed E-state index contributed by atoms with van der Waals surface area (Å²) in [4.78, 5) is 21.8. The molecule has 0 radical (unpaired) electrons. The Morgan fingerprint density at radius 2 is 1.80 bits per heavy atom. The van der Waals surface area contributed by atoms with Crippen LogP contribution in [0.2, 0.25) is 0 Å². The predicted molar refractivity (Wildman–Crippen MR) is 62.8 cm³/mol. The zero-order chi connectivity index (χ0) is 15.3. The first-order valence-corrected chi connectivity index (χ1v) is 5.14. The summed E-state index contributed by atoms with van der Waals surface area (Å²) in [5, 5.41) is 10.4. The summed E-state index contributed by atoms with van der Waals surface area (Å²) in [6.45, 7) is 0. The SMILES string of the molecule is N#C/C(=C/c1ccc(C(F)(F)F)cc1)C(=O)NC(N)=O. The summed E-state index contributed by atoms with van der Waals surface area (Å²) in [5.41, 5.74) is 3.61. The number of rotatable bonds is 2. The summed E-state index contributed by atoms with van der Waals surface area (Å²) in [6, 6.07) is 4.20. The molecule has 104 valence electrons. The number of imide groups is 1. The molecule has 1 aromatic rings. The molecular weight excluding hydrogens is 275 g/mol. The van der Waals surface area contributed by atoms with E-state index in [1.54, 1.807) is 5.32 Å². The average molecular weight is 283 g/mol. The molecule has 0 spiro atoms. The van der Waals surface area contributed by atoms with Crippen LogP contribution >= 0.6 is 0 Å². The molecule has 0 saturated carbocycles. The highest BCUT2D eigenvalue weighted by Gasteiger charge is 2.29. The van der Waals surface area contributed by atoms with Gasteiger partial charge in [0, 0.05) is 0 Å². The highest BCUT2D eigenvalue weighted by Crippen LogP contribution is 2.29. The van der Waals surface area contributed by atoms with Gasteiger partial charge in [0.2, 0.25) is 0 Å². The summed E-state index contributed by atoms with van der Waals surface area (Å²) < 4.78 is 37.0. The molecule has 0 aliphatic rings. The Balaban J connectivity index is 3.00. The standard InChI is InChI=1S/C12H8F3N3O2/c13-12(14,15)9-3-1-7(2-4-9)5-8(6-16)10(19)18-11(17)20/h1-5H,(H3,17,18,19,20)/b8-5-. The van der Waals surface area contributed by atoms with Gasteiger partial charge in [0.15, 0.2) is 0 Å². The largest absolute Gasteiger partial charge is 0.416 e. The van der Waals surface area contributed by atoms with Crippen LogP contribution in [0.3, 0.4) is 0 Å². The Morgan fingerprint density at radius 3 is 2.20 bits per heavy atom. The van der Waals surface area contributed by atoms with Gasteiger partial charge in [-0.15, -0.1) is 0 Å². The van der Waals surface area contributed by atoms with E-state index in [4.69, 9.17) is 11.0 Å². The number of halogens is 3. The van der Waals surface area contributed by atoms with Crippen molar-refractivity contribution in [1.82, 2.24) is 5.32 Å². The summed E-state index contributed by atoms with van der Waals surface area (Å²) in [7, 11) is 0. The molecule has 0 aliphatic carbocycles. The second-order valence-corrected chi connectivity index (χ2v) is 3.61. The lowest BCUT2D eigenvalue weighted by molar-refractivity contribution is -0.137. The van der Waals surface area contributed by atoms with Crippen LogP contribution in [0.1, 0.15) is 11.1 Å². The summed E-state index contributed by atoms with van der Waals surface area (Å²) in [6.07, 6.45) is -3.43. The monoisotopic (exact) mass is 283 g/mol. The number of nitrogens with one attached hydrogen (secondary N) is 1. The molecule has 1 rings (SSSR count). The van der Waals surface area contributed by atoms with Crippen molar-refractivity contribution in [2.75, 3.05) is 0 Å².